The molecule has 1 aliphatic carbocycles. The van der Waals surface area contributed by atoms with Crippen molar-refractivity contribution in [3.8, 4) is 0 Å². The molecule has 1 heterocycles. The van der Waals surface area contributed by atoms with E-state index in [1.807, 2.05) is 12.2 Å². The largest absolute Gasteiger partial charge is 0.472 e. The van der Waals surface area contributed by atoms with E-state index in [0.717, 1.165) is 12.0 Å². The van der Waals surface area contributed by atoms with E-state index < -0.39 is 0 Å². The number of allylic oxidation sites excluding steroid dienone is 6. The highest BCUT2D eigenvalue weighted by molar-refractivity contribution is 5.52. The first-order chi connectivity index (χ1) is 5.38. The van der Waals surface area contributed by atoms with Crippen LogP contribution in [0.15, 0.2) is 47.5 Å². The maximum Gasteiger partial charge on any atom is 0.0942 e. The lowest BCUT2D eigenvalue weighted by atomic mass is 9.93. The Kier molecular flexibility index (Phi) is 1.42. The molecule has 0 N–H and O–H groups in total. The molecule has 0 saturated carbocycles. The molecule has 0 fully saturated rings. The number of hydrogen-bond donors (Lipinski definition) is 0. The Labute approximate surface area is 66.4 Å². The standard InChI is InChI=1S/C10H9O/c1-8-3-2-4-9-7-11-6-5-10(8)9/h2-3,5-7H,1,4H2. The van der Waals surface area contributed by atoms with Crippen molar-refractivity contribution in [3.05, 3.63) is 54.4 Å². The summed E-state index contributed by atoms with van der Waals surface area (Å²) in [5, 5.41) is 0. The van der Waals surface area contributed by atoms with Crippen molar-refractivity contribution in [2.24, 2.45) is 0 Å². The van der Waals surface area contributed by atoms with E-state index in [9.17, 15) is 0 Å². The lowest BCUT2D eigenvalue weighted by Gasteiger charge is -2.15. The summed E-state index contributed by atoms with van der Waals surface area (Å²) in [5.74, 6) is 0. The van der Waals surface area contributed by atoms with Crippen LogP contribution >= 0.6 is 0 Å². The van der Waals surface area contributed by atoms with Gasteiger partial charge in [-0.15, -0.1) is 0 Å². The van der Waals surface area contributed by atoms with Crippen LogP contribution in [0.4, 0.5) is 0 Å². The molecule has 0 aromatic rings. The van der Waals surface area contributed by atoms with Gasteiger partial charge in [0.1, 0.15) is 0 Å². The van der Waals surface area contributed by atoms with E-state index >= 15 is 0 Å². The first kappa shape index (κ1) is 6.47. The Balaban J connectivity index is 2.48. The van der Waals surface area contributed by atoms with Gasteiger partial charge in [-0.3, -0.25) is 0 Å². The van der Waals surface area contributed by atoms with Gasteiger partial charge in [-0.2, -0.15) is 0 Å². The van der Waals surface area contributed by atoms with Crippen molar-refractivity contribution in [2.75, 3.05) is 0 Å². The van der Waals surface area contributed by atoms with Crippen LogP contribution in [0.1, 0.15) is 6.42 Å². The second-order valence-corrected chi connectivity index (χ2v) is 2.63. The summed E-state index contributed by atoms with van der Waals surface area (Å²) in [4.78, 5) is 0. The lowest BCUT2D eigenvalue weighted by Crippen LogP contribution is -1.98. The third kappa shape index (κ3) is 1.03. The molecule has 0 aromatic heterocycles. The molecule has 0 spiro atoms. The highest BCUT2D eigenvalue weighted by atomic mass is 16.5. The van der Waals surface area contributed by atoms with Crippen molar-refractivity contribution in [2.45, 2.75) is 6.42 Å². The van der Waals surface area contributed by atoms with E-state index in [0.29, 0.717) is 0 Å². The van der Waals surface area contributed by atoms with Gasteiger partial charge in [-0.25, -0.2) is 0 Å². The fourth-order valence-electron chi connectivity index (χ4n) is 1.29. The van der Waals surface area contributed by atoms with Crippen molar-refractivity contribution in [1.82, 2.24) is 0 Å². The van der Waals surface area contributed by atoms with Crippen LogP contribution in [-0.4, -0.2) is 0 Å². The predicted octanol–water partition coefficient (Wildman–Crippen LogP) is 2.50. The molecule has 0 saturated heterocycles. The summed E-state index contributed by atoms with van der Waals surface area (Å²) >= 11 is 0. The number of ether oxygens (including phenoxy) is 1. The van der Waals surface area contributed by atoms with Gasteiger partial charge >= 0.3 is 0 Å². The van der Waals surface area contributed by atoms with Gasteiger partial charge in [0.05, 0.1) is 12.5 Å². The zero-order chi connectivity index (χ0) is 7.68. The molecule has 11 heavy (non-hydrogen) atoms. The monoisotopic (exact) mass is 145 g/mol. The Morgan fingerprint density at radius 2 is 2.27 bits per heavy atom. The number of fused-ring (bicyclic) bond motifs is 1. The number of rotatable bonds is 0. The SMILES string of the molecule is [CH2]C1=C2C=COC=C2CC=C1. The Morgan fingerprint density at radius 1 is 1.36 bits per heavy atom. The molecule has 1 heteroatoms. The topological polar surface area (TPSA) is 9.23 Å². The minimum absolute atomic E-state index is 0.957. The van der Waals surface area contributed by atoms with E-state index in [1.165, 1.54) is 11.1 Å². The summed E-state index contributed by atoms with van der Waals surface area (Å²) in [5.41, 5.74) is 3.50. The highest BCUT2D eigenvalue weighted by Crippen LogP contribution is 2.27. The van der Waals surface area contributed by atoms with Gasteiger partial charge in [-0.1, -0.05) is 12.2 Å². The fourth-order valence-corrected chi connectivity index (χ4v) is 1.29. The van der Waals surface area contributed by atoms with Crippen molar-refractivity contribution < 1.29 is 4.74 Å². The van der Waals surface area contributed by atoms with Gasteiger partial charge in [0.25, 0.3) is 0 Å². The molecule has 0 aromatic carbocycles. The average molecular weight is 145 g/mol. The molecule has 0 amide bonds. The predicted molar refractivity (Wildman–Crippen MR) is 44.4 cm³/mol. The third-order valence-corrected chi connectivity index (χ3v) is 1.87. The van der Waals surface area contributed by atoms with Crippen LogP contribution in [-0.2, 0) is 4.74 Å². The molecule has 2 aliphatic rings. The molecular formula is C10H9O. The molecule has 1 nitrogen and oxygen atoms in total. The van der Waals surface area contributed by atoms with E-state index in [4.69, 9.17) is 4.74 Å². The second kappa shape index (κ2) is 2.42. The van der Waals surface area contributed by atoms with Crippen LogP contribution in [0.2, 0.25) is 0 Å². The molecule has 2 rings (SSSR count). The average Bonchev–Trinajstić information content (AvgIpc) is 2.06. The quantitative estimate of drug-likeness (QED) is 0.509. The van der Waals surface area contributed by atoms with E-state index in [-0.39, 0.29) is 0 Å². The second-order valence-electron chi connectivity index (χ2n) is 2.63. The van der Waals surface area contributed by atoms with Gasteiger partial charge in [0.15, 0.2) is 0 Å². The molecule has 1 aliphatic heterocycles. The molecule has 0 unspecified atom stereocenters. The maximum absolute atomic E-state index is 5.05. The van der Waals surface area contributed by atoms with Gasteiger partial charge < -0.3 is 4.74 Å². The Bertz CT molecular complexity index is 290. The molecule has 0 bridgehead atoms. The Hall–Kier alpha value is -1.24. The molecule has 0 atom stereocenters. The fraction of sp³-hybridized carbons (Fsp3) is 0.100. The van der Waals surface area contributed by atoms with Gasteiger partial charge in [0, 0.05) is 0 Å². The summed E-state index contributed by atoms with van der Waals surface area (Å²) in [7, 11) is 0. The minimum Gasteiger partial charge on any atom is -0.472 e. The van der Waals surface area contributed by atoms with E-state index in [2.05, 4.69) is 13.0 Å². The normalized spacial score (nSPS) is 21.0. The summed E-state index contributed by atoms with van der Waals surface area (Å²) in [6.07, 6.45) is 10.5. The molecular weight excluding hydrogens is 136 g/mol. The lowest BCUT2D eigenvalue weighted by molar-refractivity contribution is 0.392. The van der Waals surface area contributed by atoms with Crippen LogP contribution in [0, 0.1) is 6.92 Å². The summed E-state index contributed by atoms with van der Waals surface area (Å²) < 4.78 is 5.05. The first-order valence-corrected chi connectivity index (χ1v) is 3.62. The molecule has 55 valence electrons. The first-order valence-electron chi connectivity index (χ1n) is 3.62. The highest BCUT2D eigenvalue weighted by Gasteiger charge is 2.10. The number of hydrogen-bond acceptors (Lipinski definition) is 1. The van der Waals surface area contributed by atoms with Crippen molar-refractivity contribution >= 4 is 0 Å². The summed E-state index contributed by atoms with van der Waals surface area (Å²) in [6, 6.07) is 0. The maximum atomic E-state index is 5.05. The Morgan fingerprint density at radius 3 is 3.09 bits per heavy atom. The van der Waals surface area contributed by atoms with Gasteiger partial charge in [-0.05, 0) is 36.1 Å². The van der Waals surface area contributed by atoms with E-state index in [1.54, 1.807) is 12.5 Å². The van der Waals surface area contributed by atoms with Crippen molar-refractivity contribution in [3.63, 3.8) is 0 Å². The van der Waals surface area contributed by atoms with Crippen LogP contribution in [0.5, 0.6) is 0 Å². The zero-order valence-corrected chi connectivity index (χ0v) is 6.21. The zero-order valence-electron chi connectivity index (χ0n) is 6.21. The third-order valence-electron chi connectivity index (χ3n) is 1.87. The smallest absolute Gasteiger partial charge is 0.0942 e. The van der Waals surface area contributed by atoms with Gasteiger partial charge in [0.2, 0.25) is 0 Å². The van der Waals surface area contributed by atoms with Crippen LogP contribution in [0.3, 0.4) is 0 Å². The summed E-state index contributed by atoms with van der Waals surface area (Å²) in [6.45, 7) is 3.93. The van der Waals surface area contributed by atoms with Crippen LogP contribution < -0.4 is 0 Å². The van der Waals surface area contributed by atoms with Crippen molar-refractivity contribution in [1.29, 1.82) is 0 Å². The van der Waals surface area contributed by atoms with Crippen LogP contribution in [0.25, 0.3) is 0 Å². The minimum atomic E-state index is 0.957. The molecule has 1 radical (unpaired) electrons.